The number of hydrogen-bond acceptors (Lipinski definition) is 6. The molecule has 0 atom stereocenters. The summed E-state index contributed by atoms with van der Waals surface area (Å²) in [5.74, 6) is 1.38. The Morgan fingerprint density at radius 1 is 1.40 bits per heavy atom. The number of fused-ring (bicyclic) bond motifs is 1. The van der Waals surface area contributed by atoms with Gasteiger partial charge in [-0.25, -0.2) is 9.25 Å². The molecule has 0 saturated carbocycles. The van der Waals surface area contributed by atoms with Crippen LogP contribution in [0.25, 0.3) is 22.4 Å². The Hall–Kier alpha value is -2.77. The van der Waals surface area contributed by atoms with E-state index in [9.17, 15) is 0 Å². The van der Waals surface area contributed by atoms with Gasteiger partial charge in [0, 0.05) is 19.2 Å². The number of aromatic nitrogens is 5. The predicted molar refractivity (Wildman–Crippen MR) is 96.5 cm³/mol. The van der Waals surface area contributed by atoms with E-state index in [-0.39, 0.29) is 6.04 Å². The molecule has 2 N–H and O–H groups in total. The second kappa shape index (κ2) is 6.27. The van der Waals surface area contributed by atoms with Crippen LogP contribution in [-0.2, 0) is 13.5 Å². The fourth-order valence-corrected chi connectivity index (χ4v) is 2.90. The average molecular weight is 342 g/mol. The first-order valence-corrected chi connectivity index (χ1v) is 8.35. The lowest BCUT2D eigenvalue weighted by Crippen LogP contribution is -2.32. The first-order chi connectivity index (χ1) is 11.9. The molecular weight excluding hydrogens is 318 g/mol. The molecule has 0 fully saturated rings. The van der Waals surface area contributed by atoms with Crippen molar-refractivity contribution in [3.05, 3.63) is 17.7 Å². The number of nitrogens with two attached hydrogens (primary N) is 1. The summed E-state index contributed by atoms with van der Waals surface area (Å²) in [6.45, 7) is 8.08. The third-order valence-corrected chi connectivity index (χ3v) is 4.37. The van der Waals surface area contributed by atoms with E-state index in [1.807, 2.05) is 25.6 Å². The summed E-state index contributed by atoms with van der Waals surface area (Å²) in [5, 5.41) is 9.84. The van der Waals surface area contributed by atoms with Gasteiger partial charge in [0.15, 0.2) is 0 Å². The highest BCUT2D eigenvalue weighted by Gasteiger charge is 2.28. The molecule has 0 unspecified atom stereocenters. The predicted octanol–water partition coefficient (Wildman–Crippen LogP) is 2.08. The average Bonchev–Trinajstić information content (AvgIpc) is 3.18. The molecule has 0 aliphatic heterocycles. The Bertz CT molecular complexity index is 965. The number of aliphatic imine (C=N–C) groups is 1. The minimum absolute atomic E-state index is 0.137. The second-order valence-electron chi connectivity index (χ2n) is 6.32. The molecular formula is C17H24N7O+. The van der Waals surface area contributed by atoms with Crippen LogP contribution in [0.5, 0.6) is 0 Å². The third kappa shape index (κ3) is 2.57. The lowest BCUT2D eigenvalue weighted by molar-refractivity contribution is -0.658. The number of anilines is 1. The van der Waals surface area contributed by atoms with Gasteiger partial charge in [-0.05, 0) is 20.8 Å². The van der Waals surface area contributed by atoms with Gasteiger partial charge < -0.3 is 10.3 Å². The van der Waals surface area contributed by atoms with Gasteiger partial charge in [0.25, 0.3) is 0 Å². The molecule has 132 valence electrons. The minimum atomic E-state index is 0.137. The highest BCUT2D eigenvalue weighted by atomic mass is 16.5. The Labute approximate surface area is 146 Å². The quantitative estimate of drug-likeness (QED) is 0.578. The van der Waals surface area contributed by atoms with Crippen LogP contribution in [-0.4, -0.2) is 32.7 Å². The van der Waals surface area contributed by atoms with Crippen LogP contribution in [0.15, 0.2) is 15.8 Å². The molecule has 8 nitrogen and oxygen atoms in total. The number of nitrogens with zero attached hydrogens (tertiary/aromatic N) is 6. The molecule has 25 heavy (non-hydrogen) atoms. The summed E-state index contributed by atoms with van der Waals surface area (Å²) in [4.78, 5) is 8.84. The SMILES string of the molecule is CCc1onc(-c2nn(C(C)C)c3nc[n+](C)c(N)c23)c1C(C)=NC. The molecule has 3 rings (SSSR count). The summed E-state index contributed by atoms with van der Waals surface area (Å²) in [7, 11) is 3.62. The molecule has 3 heterocycles. The minimum Gasteiger partial charge on any atom is -0.360 e. The molecule has 0 amide bonds. The van der Waals surface area contributed by atoms with Crippen LogP contribution in [0.3, 0.4) is 0 Å². The van der Waals surface area contributed by atoms with Crippen molar-refractivity contribution in [2.24, 2.45) is 12.0 Å². The van der Waals surface area contributed by atoms with Gasteiger partial charge in [-0.3, -0.25) is 4.99 Å². The van der Waals surface area contributed by atoms with E-state index in [1.54, 1.807) is 17.9 Å². The van der Waals surface area contributed by atoms with Gasteiger partial charge in [-0.2, -0.15) is 5.10 Å². The normalized spacial score (nSPS) is 12.5. The van der Waals surface area contributed by atoms with Gasteiger partial charge in [-0.1, -0.05) is 17.1 Å². The Balaban J connectivity index is 2.41. The molecule has 0 bridgehead atoms. The van der Waals surface area contributed by atoms with Crippen molar-refractivity contribution in [3.63, 3.8) is 0 Å². The van der Waals surface area contributed by atoms with Crippen LogP contribution in [0.4, 0.5) is 5.82 Å². The number of aryl methyl sites for hydroxylation is 2. The van der Waals surface area contributed by atoms with Gasteiger partial charge >= 0.3 is 0 Å². The van der Waals surface area contributed by atoms with E-state index in [2.05, 4.69) is 29.0 Å². The zero-order chi connectivity index (χ0) is 18.3. The van der Waals surface area contributed by atoms with Gasteiger partial charge in [-0.15, -0.1) is 0 Å². The Morgan fingerprint density at radius 3 is 2.72 bits per heavy atom. The summed E-state index contributed by atoms with van der Waals surface area (Å²) >= 11 is 0. The molecule has 0 aromatic carbocycles. The molecule has 3 aromatic heterocycles. The molecule has 0 aliphatic rings. The van der Waals surface area contributed by atoms with Crippen LogP contribution < -0.4 is 10.3 Å². The number of nitrogen functional groups attached to an aromatic ring is 1. The van der Waals surface area contributed by atoms with Gasteiger partial charge in [0.2, 0.25) is 17.8 Å². The zero-order valence-corrected chi connectivity index (χ0v) is 15.5. The van der Waals surface area contributed by atoms with Crippen LogP contribution in [0, 0.1) is 0 Å². The van der Waals surface area contributed by atoms with Crippen LogP contribution >= 0.6 is 0 Å². The van der Waals surface area contributed by atoms with Crippen LogP contribution in [0.2, 0.25) is 0 Å². The van der Waals surface area contributed by atoms with Crippen molar-refractivity contribution in [2.75, 3.05) is 12.8 Å². The van der Waals surface area contributed by atoms with E-state index in [1.165, 1.54) is 0 Å². The first kappa shape index (κ1) is 17.1. The fourth-order valence-electron chi connectivity index (χ4n) is 2.90. The fraction of sp³-hybridized carbons (Fsp3) is 0.471. The lowest BCUT2D eigenvalue weighted by Gasteiger charge is -2.04. The highest BCUT2D eigenvalue weighted by molar-refractivity contribution is 6.07. The van der Waals surface area contributed by atoms with E-state index in [4.69, 9.17) is 15.4 Å². The topological polar surface area (TPSA) is 99.0 Å². The second-order valence-corrected chi connectivity index (χ2v) is 6.32. The zero-order valence-electron chi connectivity index (χ0n) is 15.5. The monoisotopic (exact) mass is 342 g/mol. The summed E-state index contributed by atoms with van der Waals surface area (Å²) in [5.41, 5.74) is 10.1. The largest absolute Gasteiger partial charge is 0.360 e. The maximum Gasteiger partial charge on any atom is 0.242 e. The summed E-state index contributed by atoms with van der Waals surface area (Å²) in [6.07, 6.45) is 2.42. The van der Waals surface area contributed by atoms with Crippen molar-refractivity contribution in [1.82, 2.24) is 19.9 Å². The Morgan fingerprint density at radius 2 is 2.12 bits per heavy atom. The standard InChI is InChI=1S/C17H23N7O/c1-7-11-12(10(4)19-5)15(22-25-11)14-13-16(18)23(6)8-20-17(13)24(21-14)9(2)3/h8-9,18H,7H2,1-6H3/p+1. The summed E-state index contributed by atoms with van der Waals surface area (Å²) in [6, 6.07) is 0.137. The molecule has 0 saturated heterocycles. The van der Waals surface area contributed by atoms with Crippen molar-refractivity contribution < 1.29 is 9.09 Å². The van der Waals surface area contributed by atoms with Gasteiger partial charge in [0.05, 0.1) is 18.7 Å². The molecule has 3 aromatic rings. The molecule has 8 heteroatoms. The summed E-state index contributed by atoms with van der Waals surface area (Å²) < 4.78 is 9.20. The molecule has 0 spiro atoms. The maximum atomic E-state index is 6.35. The number of hydrogen-bond donors (Lipinski definition) is 1. The van der Waals surface area contributed by atoms with Gasteiger partial charge in [0.1, 0.15) is 22.5 Å². The Kier molecular flexibility index (Phi) is 4.28. The van der Waals surface area contributed by atoms with E-state index in [0.29, 0.717) is 17.2 Å². The van der Waals surface area contributed by atoms with Crippen molar-refractivity contribution in [2.45, 2.75) is 40.2 Å². The molecule has 0 radical (unpaired) electrons. The smallest absolute Gasteiger partial charge is 0.242 e. The van der Waals surface area contributed by atoms with Crippen molar-refractivity contribution >= 4 is 22.6 Å². The van der Waals surface area contributed by atoms with Crippen LogP contribution in [0.1, 0.15) is 45.1 Å². The van der Waals surface area contributed by atoms with E-state index >= 15 is 0 Å². The highest BCUT2D eigenvalue weighted by Crippen LogP contribution is 2.34. The first-order valence-electron chi connectivity index (χ1n) is 8.35. The lowest BCUT2D eigenvalue weighted by atomic mass is 10.0. The van der Waals surface area contributed by atoms with E-state index < -0.39 is 0 Å². The van der Waals surface area contributed by atoms with Crippen molar-refractivity contribution in [1.29, 1.82) is 0 Å². The maximum absolute atomic E-state index is 6.35. The number of rotatable bonds is 4. The molecule has 0 aliphatic carbocycles. The third-order valence-electron chi connectivity index (χ3n) is 4.37. The van der Waals surface area contributed by atoms with Crippen molar-refractivity contribution in [3.8, 4) is 11.4 Å². The van der Waals surface area contributed by atoms with E-state index in [0.717, 1.165) is 34.5 Å².